The van der Waals surface area contributed by atoms with Gasteiger partial charge in [0.15, 0.2) is 0 Å². The Kier molecular flexibility index (Phi) is 2.95. The number of hydrogen-bond acceptors (Lipinski definition) is 2. The van der Waals surface area contributed by atoms with Crippen molar-refractivity contribution in [2.24, 2.45) is 5.41 Å². The molecule has 0 aromatic carbocycles. The maximum atomic E-state index is 10.6. The van der Waals surface area contributed by atoms with E-state index in [2.05, 4.69) is 19.9 Å². The second-order valence-corrected chi connectivity index (χ2v) is 4.80. The topological polar surface area (TPSA) is 40.5 Å². The van der Waals surface area contributed by atoms with Crippen LogP contribution < -0.4 is 0 Å². The lowest BCUT2D eigenvalue weighted by molar-refractivity contribution is -0.137. The van der Waals surface area contributed by atoms with E-state index in [4.69, 9.17) is 17.3 Å². The first kappa shape index (κ1) is 11.2. The molecule has 0 saturated carbocycles. The van der Waals surface area contributed by atoms with E-state index < -0.39 is 5.97 Å². The van der Waals surface area contributed by atoms with Crippen LogP contribution in [0.4, 0.5) is 0 Å². The molecule has 0 spiro atoms. The molecule has 1 heterocycles. The second-order valence-electron chi connectivity index (χ2n) is 4.32. The van der Waals surface area contributed by atoms with Gasteiger partial charge in [-0.1, -0.05) is 32.1 Å². The summed E-state index contributed by atoms with van der Waals surface area (Å²) < 4.78 is 0. The molecule has 0 aliphatic carbocycles. The second kappa shape index (κ2) is 3.69. The Morgan fingerprint density at radius 1 is 1.71 bits per heavy atom. The van der Waals surface area contributed by atoms with Crippen molar-refractivity contribution in [2.45, 2.75) is 27.2 Å². The Hall–Kier alpha value is -0.900. The lowest BCUT2D eigenvalue weighted by Gasteiger charge is -2.35. The van der Waals surface area contributed by atoms with Gasteiger partial charge in [0.25, 0.3) is 0 Å². The fraction of sp³-hybridized carbons (Fsp3) is 0.600. The maximum Gasteiger partial charge on any atom is 0.323 e. The van der Waals surface area contributed by atoms with Crippen molar-refractivity contribution in [1.29, 1.82) is 0 Å². The Morgan fingerprint density at radius 3 is 2.71 bits per heavy atom. The number of carboxylic acid groups (broad SMARTS) is 1. The van der Waals surface area contributed by atoms with E-state index in [0.29, 0.717) is 0 Å². The summed E-state index contributed by atoms with van der Waals surface area (Å²) in [6, 6.07) is 0. The van der Waals surface area contributed by atoms with Crippen molar-refractivity contribution in [3.05, 3.63) is 11.8 Å². The Bertz CT molecular complexity index is 307. The average molecular weight is 213 g/mol. The first-order chi connectivity index (χ1) is 6.32. The van der Waals surface area contributed by atoms with Crippen LogP contribution in [0, 0.1) is 5.41 Å². The van der Waals surface area contributed by atoms with Gasteiger partial charge < -0.3 is 10.0 Å². The molecular formula is C10H15NO2S. The molecular weight excluding hydrogens is 198 g/mol. The summed E-state index contributed by atoms with van der Waals surface area (Å²) in [7, 11) is 0. The largest absolute Gasteiger partial charge is 0.480 e. The molecule has 0 amide bonds. The predicted molar refractivity (Wildman–Crippen MR) is 59.1 cm³/mol. The van der Waals surface area contributed by atoms with Gasteiger partial charge in [0.2, 0.25) is 0 Å². The lowest BCUT2D eigenvalue weighted by Crippen LogP contribution is -2.39. The molecule has 0 saturated heterocycles. The Labute approximate surface area is 89.4 Å². The van der Waals surface area contributed by atoms with Crippen molar-refractivity contribution in [1.82, 2.24) is 4.90 Å². The molecule has 1 aliphatic rings. The van der Waals surface area contributed by atoms with E-state index in [1.54, 1.807) is 4.90 Å². The molecule has 0 fully saturated rings. The van der Waals surface area contributed by atoms with Crippen LogP contribution in [-0.4, -0.2) is 27.5 Å². The van der Waals surface area contributed by atoms with Crippen LogP contribution in [0.1, 0.15) is 27.2 Å². The Morgan fingerprint density at radius 2 is 2.29 bits per heavy atom. The molecule has 1 N–H and O–H groups in total. The number of hydrogen-bond donors (Lipinski definition) is 1. The minimum atomic E-state index is -0.847. The van der Waals surface area contributed by atoms with Crippen LogP contribution in [0.25, 0.3) is 0 Å². The highest BCUT2D eigenvalue weighted by Crippen LogP contribution is 2.31. The SMILES string of the molecule is CC1=CC(C)(C)CC(=S)N1CC(=O)O. The van der Waals surface area contributed by atoms with Crippen LogP contribution in [-0.2, 0) is 4.79 Å². The summed E-state index contributed by atoms with van der Waals surface area (Å²) in [4.78, 5) is 13.0. The number of carboxylic acids is 1. The molecule has 0 radical (unpaired) electrons. The normalized spacial score (nSPS) is 20.6. The molecule has 14 heavy (non-hydrogen) atoms. The first-order valence-corrected chi connectivity index (χ1v) is 4.94. The van der Waals surface area contributed by atoms with E-state index >= 15 is 0 Å². The quantitative estimate of drug-likeness (QED) is 0.713. The van der Waals surface area contributed by atoms with Crippen molar-refractivity contribution in [3.63, 3.8) is 0 Å². The van der Waals surface area contributed by atoms with Gasteiger partial charge in [-0.25, -0.2) is 0 Å². The van der Waals surface area contributed by atoms with Gasteiger partial charge in [0.1, 0.15) is 6.54 Å². The summed E-state index contributed by atoms with van der Waals surface area (Å²) >= 11 is 5.19. The molecule has 0 aromatic rings. The van der Waals surface area contributed by atoms with E-state index in [0.717, 1.165) is 17.1 Å². The van der Waals surface area contributed by atoms with Crippen molar-refractivity contribution >= 4 is 23.2 Å². The van der Waals surface area contributed by atoms with Crippen LogP contribution in [0.3, 0.4) is 0 Å². The summed E-state index contributed by atoms with van der Waals surface area (Å²) in [5, 5.41) is 8.70. The van der Waals surface area contributed by atoms with Crippen molar-refractivity contribution < 1.29 is 9.90 Å². The summed E-state index contributed by atoms with van der Waals surface area (Å²) in [6.45, 7) is 6.06. The summed E-state index contributed by atoms with van der Waals surface area (Å²) in [6.07, 6.45) is 2.82. The molecule has 1 rings (SSSR count). The highest BCUT2D eigenvalue weighted by atomic mass is 32.1. The number of aliphatic carboxylic acids is 1. The third kappa shape index (κ3) is 2.54. The first-order valence-electron chi connectivity index (χ1n) is 4.53. The number of allylic oxidation sites excluding steroid dienone is 2. The monoisotopic (exact) mass is 213 g/mol. The maximum absolute atomic E-state index is 10.6. The van der Waals surface area contributed by atoms with E-state index in [-0.39, 0.29) is 12.0 Å². The molecule has 1 aliphatic heterocycles. The number of carbonyl (C=O) groups is 1. The zero-order chi connectivity index (χ0) is 10.9. The zero-order valence-electron chi connectivity index (χ0n) is 8.70. The van der Waals surface area contributed by atoms with Gasteiger partial charge in [0.05, 0.1) is 4.99 Å². The molecule has 78 valence electrons. The molecule has 0 bridgehead atoms. The zero-order valence-corrected chi connectivity index (χ0v) is 9.52. The minimum absolute atomic E-state index is 0.0305. The van der Waals surface area contributed by atoms with Gasteiger partial charge in [-0.3, -0.25) is 4.79 Å². The molecule has 0 aromatic heterocycles. The summed E-state index contributed by atoms with van der Waals surface area (Å²) in [5.74, 6) is -0.847. The number of rotatable bonds is 2. The van der Waals surface area contributed by atoms with E-state index in [1.807, 2.05) is 6.92 Å². The van der Waals surface area contributed by atoms with Crippen molar-refractivity contribution in [3.8, 4) is 0 Å². The fourth-order valence-corrected chi connectivity index (χ4v) is 2.31. The minimum Gasteiger partial charge on any atom is -0.480 e. The molecule has 4 heteroatoms. The third-order valence-electron chi connectivity index (χ3n) is 2.23. The van der Waals surface area contributed by atoms with E-state index in [1.165, 1.54) is 0 Å². The van der Waals surface area contributed by atoms with Gasteiger partial charge >= 0.3 is 5.97 Å². The number of nitrogens with zero attached hydrogens (tertiary/aromatic N) is 1. The average Bonchev–Trinajstić information content (AvgIpc) is 1.94. The van der Waals surface area contributed by atoms with Crippen LogP contribution in [0.5, 0.6) is 0 Å². The third-order valence-corrected chi connectivity index (χ3v) is 2.59. The molecule has 0 unspecified atom stereocenters. The predicted octanol–water partition coefficient (Wildman–Crippen LogP) is 2.03. The smallest absolute Gasteiger partial charge is 0.323 e. The van der Waals surface area contributed by atoms with Gasteiger partial charge in [0, 0.05) is 12.1 Å². The lowest BCUT2D eigenvalue weighted by atomic mass is 9.85. The standard InChI is InChI=1S/C10H15NO2S/c1-7-4-10(2,3)5-8(14)11(7)6-9(12)13/h4H,5-6H2,1-3H3,(H,12,13). The number of thiocarbonyl (C=S) groups is 1. The van der Waals surface area contributed by atoms with Crippen LogP contribution in [0.2, 0.25) is 0 Å². The van der Waals surface area contributed by atoms with Crippen molar-refractivity contribution in [2.75, 3.05) is 6.54 Å². The van der Waals surface area contributed by atoms with E-state index in [9.17, 15) is 4.79 Å². The highest BCUT2D eigenvalue weighted by Gasteiger charge is 2.28. The van der Waals surface area contributed by atoms with Gasteiger partial charge in [-0.2, -0.15) is 0 Å². The van der Waals surface area contributed by atoms with Crippen LogP contribution in [0.15, 0.2) is 11.8 Å². The van der Waals surface area contributed by atoms with Crippen LogP contribution >= 0.6 is 12.2 Å². The Balaban J connectivity index is 2.89. The van der Waals surface area contributed by atoms with Gasteiger partial charge in [-0.15, -0.1) is 0 Å². The highest BCUT2D eigenvalue weighted by molar-refractivity contribution is 7.80. The molecule has 0 atom stereocenters. The van der Waals surface area contributed by atoms with Gasteiger partial charge in [-0.05, 0) is 12.3 Å². The molecule has 3 nitrogen and oxygen atoms in total. The summed E-state index contributed by atoms with van der Waals surface area (Å²) in [5.41, 5.74) is 0.990. The fourth-order valence-electron chi connectivity index (χ4n) is 1.72.